The van der Waals surface area contributed by atoms with Crippen LogP contribution in [-0.4, -0.2) is 37.6 Å². The summed E-state index contributed by atoms with van der Waals surface area (Å²) in [4.78, 5) is 29.4. The number of benzene rings is 2. The predicted octanol–water partition coefficient (Wildman–Crippen LogP) is 4.38. The number of anilines is 2. The average molecular weight is 500 g/mol. The van der Waals surface area contributed by atoms with E-state index in [4.69, 9.17) is 20.9 Å². The zero-order valence-electron chi connectivity index (χ0n) is 20.2. The van der Waals surface area contributed by atoms with Crippen molar-refractivity contribution in [2.24, 2.45) is 0 Å². The van der Waals surface area contributed by atoms with Gasteiger partial charge in [-0.05, 0) is 50.2 Å². The van der Waals surface area contributed by atoms with E-state index >= 15 is 4.39 Å². The molecule has 186 valence electrons. The summed E-state index contributed by atoms with van der Waals surface area (Å²) in [7, 11) is 1.28. The second kappa shape index (κ2) is 9.19. The molecule has 5 aromatic rings. The SMILES string of the molecule is COC(=O)c1cc(N)ccc1-c1c(C)c2ncnc(N)c2n1-c1ccc(Oc2nccc(C)n2)c(F)c1. The molecular weight excluding hydrogens is 477 g/mol. The normalized spacial score (nSPS) is 11.0. The Morgan fingerprint density at radius 1 is 1.03 bits per heavy atom. The number of fused-ring (bicyclic) bond motifs is 1. The molecule has 2 aromatic carbocycles. The van der Waals surface area contributed by atoms with Crippen LogP contribution in [0.4, 0.5) is 15.9 Å². The average Bonchev–Trinajstić information content (AvgIpc) is 3.18. The van der Waals surface area contributed by atoms with Crippen molar-refractivity contribution in [3.63, 3.8) is 0 Å². The minimum Gasteiger partial charge on any atom is -0.465 e. The van der Waals surface area contributed by atoms with Crippen LogP contribution in [0.3, 0.4) is 0 Å². The summed E-state index contributed by atoms with van der Waals surface area (Å²) in [6.45, 7) is 3.61. The maximum absolute atomic E-state index is 15.3. The summed E-state index contributed by atoms with van der Waals surface area (Å²) < 4.78 is 27.6. The second-order valence-corrected chi connectivity index (χ2v) is 8.26. The Morgan fingerprint density at radius 3 is 2.57 bits per heavy atom. The molecular formula is C26H22FN7O3. The van der Waals surface area contributed by atoms with Crippen molar-refractivity contribution >= 4 is 28.5 Å². The molecule has 0 atom stereocenters. The Labute approximate surface area is 210 Å². The number of esters is 1. The molecule has 3 heterocycles. The van der Waals surface area contributed by atoms with E-state index in [1.165, 1.54) is 37.8 Å². The standard InChI is InChI=1S/C26H22FN7O3/c1-13-8-9-30-26(33-13)37-20-7-5-16(11-19(20)27)34-22(14(2)21-23(34)24(29)32-12-31-21)17-6-4-15(28)10-18(17)25(35)36-3/h4-12H,28H2,1-3H3,(H2,29,31,32). The molecule has 5 rings (SSSR count). The van der Waals surface area contributed by atoms with Gasteiger partial charge in [0.15, 0.2) is 17.4 Å². The fourth-order valence-corrected chi connectivity index (χ4v) is 4.19. The van der Waals surface area contributed by atoms with Crippen LogP contribution in [0.2, 0.25) is 0 Å². The monoisotopic (exact) mass is 499 g/mol. The molecule has 0 bridgehead atoms. The summed E-state index contributed by atoms with van der Waals surface area (Å²) in [6.07, 6.45) is 2.88. The van der Waals surface area contributed by atoms with Crippen LogP contribution >= 0.6 is 0 Å². The Morgan fingerprint density at radius 2 is 1.84 bits per heavy atom. The summed E-state index contributed by atoms with van der Waals surface area (Å²) in [6, 6.07) is 11.0. The van der Waals surface area contributed by atoms with Crippen molar-refractivity contribution in [2.45, 2.75) is 13.8 Å². The number of rotatable bonds is 5. The third kappa shape index (κ3) is 4.16. The highest BCUT2D eigenvalue weighted by Crippen LogP contribution is 2.39. The molecule has 0 aliphatic carbocycles. The molecule has 0 saturated heterocycles. The number of hydrogen-bond acceptors (Lipinski definition) is 9. The lowest BCUT2D eigenvalue weighted by Crippen LogP contribution is -2.08. The van der Waals surface area contributed by atoms with Crippen molar-refractivity contribution in [2.75, 3.05) is 18.6 Å². The number of methoxy groups -OCH3 is 1. The quantitative estimate of drug-likeness (QED) is 0.266. The van der Waals surface area contributed by atoms with Gasteiger partial charge in [-0.1, -0.05) is 0 Å². The first-order valence-corrected chi connectivity index (χ1v) is 11.2. The van der Waals surface area contributed by atoms with Crippen LogP contribution in [0.25, 0.3) is 28.0 Å². The van der Waals surface area contributed by atoms with Gasteiger partial charge in [-0.15, -0.1) is 0 Å². The van der Waals surface area contributed by atoms with Crippen LogP contribution in [0.5, 0.6) is 11.8 Å². The lowest BCUT2D eigenvalue weighted by Gasteiger charge is -2.16. The summed E-state index contributed by atoms with van der Waals surface area (Å²) in [5.74, 6) is -1.11. The number of nitrogens with two attached hydrogens (primary N) is 2. The number of aryl methyl sites for hydroxylation is 2. The van der Waals surface area contributed by atoms with E-state index in [9.17, 15) is 4.79 Å². The predicted molar refractivity (Wildman–Crippen MR) is 136 cm³/mol. The van der Waals surface area contributed by atoms with Crippen molar-refractivity contribution in [3.05, 3.63) is 77.6 Å². The van der Waals surface area contributed by atoms with E-state index in [-0.39, 0.29) is 23.1 Å². The third-order valence-corrected chi connectivity index (χ3v) is 5.86. The van der Waals surface area contributed by atoms with Crippen LogP contribution < -0.4 is 16.2 Å². The number of hydrogen-bond donors (Lipinski definition) is 2. The summed E-state index contributed by atoms with van der Waals surface area (Å²) in [5, 5.41) is 0. The Balaban J connectivity index is 1.74. The molecule has 10 nitrogen and oxygen atoms in total. The van der Waals surface area contributed by atoms with Crippen LogP contribution in [-0.2, 0) is 4.74 Å². The van der Waals surface area contributed by atoms with Crippen molar-refractivity contribution < 1.29 is 18.7 Å². The van der Waals surface area contributed by atoms with Gasteiger partial charge in [-0.2, -0.15) is 0 Å². The van der Waals surface area contributed by atoms with E-state index in [1.807, 2.05) is 6.92 Å². The van der Waals surface area contributed by atoms with Gasteiger partial charge in [0.1, 0.15) is 11.8 Å². The summed E-state index contributed by atoms with van der Waals surface area (Å²) >= 11 is 0. The van der Waals surface area contributed by atoms with Gasteiger partial charge in [0.2, 0.25) is 0 Å². The maximum Gasteiger partial charge on any atom is 0.338 e. The fourth-order valence-electron chi connectivity index (χ4n) is 4.19. The zero-order chi connectivity index (χ0) is 26.3. The lowest BCUT2D eigenvalue weighted by molar-refractivity contribution is 0.0601. The molecule has 11 heteroatoms. The van der Waals surface area contributed by atoms with Crippen LogP contribution in [0, 0.1) is 19.7 Å². The van der Waals surface area contributed by atoms with Crippen molar-refractivity contribution in [3.8, 4) is 28.7 Å². The minimum absolute atomic E-state index is 0.0248. The molecule has 37 heavy (non-hydrogen) atoms. The number of halogens is 1. The number of nitrogen functional groups attached to an aromatic ring is 2. The van der Waals surface area contributed by atoms with E-state index < -0.39 is 11.8 Å². The van der Waals surface area contributed by atoms with E-state index in [1.54, 1.807) is 35.8 Å². The number of aromatic nitrogens is 5. The van der Waals surface area contributed by atoms with Crippen LogP contribution in [0.15, 0.2) is 55.0 Å². The lowest BCUT2D eigenvalue weighted by atomic mass is 10.0. The highest BCUT2D eigenvalue weighted by atomic mass is 19.1. The largest absolute Gasteiger partial charge is 0.465 e. The second-order valence-electron chi connectivity index (χ2n) is 8.26. The van der Waals surface area contributed by atoms with Crippen molar-refractivity contribution in [1.82, 2.24) is 24.5 Å². The van der Waals surface area contributed by atoms with Gasteiger partial charge in [0.05, 0.1) is 23.9 Å². The first-order valence-electron chi connectivity index (χ1n) is 11.2. The first-order chi connectivity index (χ1) is 17.8. The van der Waals surface area contributed by atoms with Gasteiger partial charge in [-0.25, -0.2) is 29.1 Å². The number of carbonyl (C=O) groups excluding carboxylic acids is 1. The zero-order valence-corrected chi connectivity index (χ0v) is 20.2. The highest BCUT2D eigenvalue weighted by Gasteiger charge is 2.25. The molecule has 0 aliphatic heterocycles. The van der Waals surface area contributed by atoms with Crippen LogP contribution in [0.1, 0.15) is 21.6 Å². The Bertz CT molecular complexity index is 1680. The Kier molecular flexibility index (Phi) is 5.88. The van der Waals surface area contributed by atoms with Gasteiger partial charge in [0.25, 0.3) is 0 Å². The van der Waals surface area contributed by atoms with Gasteiger partial charge < -0.3 is 25.5 Å². The van der Waals surface area contributed by atoms with Crippen molar-refractivity contribution in [1.29, 1.82) is 0 Å². The summed E-state index contributed by atoms with van der Waals surface area (Å²) in [5.41, 5.74) is 16.7. The van der Waals surface area contributed by atoms with Gasteiger partial charge in [-0.3, -0.25) is 0 Å². The van der Waals surface area contributed by atoms with E-state index in [0.717, 1.165) is 0 Å². The third-order valence-electron chi connectivity index (χ3n) is 5.86. The topological polar surface area (TPSA) is 144 Å². The van der Waals surface area contributed by atoms with E-state index in [0.29, 0.717) is 44.9 Å². The van der Waals surface area contributed by atoms with E-state index in [2.05, 4.69) is 19.9 Å². The molecule has 0 aliphatic rings. The Hall–Kier alpha value is -5.06. The minimum atomic E-state index is -0.658. The number of nitrogens with zero attached hydrogens (tertiary/aromatic N) is 5. The van der Waals surface area contributed by atoms with Gasteiger partial charge >= 0.3 is 12.0 Å². The maximum atomic E-state index is 15.3. The molecule has 0 amide bonds. The molecule has 0 radical (unpaired) electrons. The highest BCUT2D eigenvalue weighted by molar-refractivity contribution is 6.02. The smallest absolute Gasteiger partial charge is 0.338 e. The molecule has 0 saturated carbocycles. The molecule has 0 fully saturated rings. The first kappa shape index (κ1) is 23.7. The molecule has 0 unspecified atom stereocenters. The number of carbonyl (C=O) groups is 1. The number of ether oxygens (including phenoxy) is 2. The fraction of sp³-hybridized carbons (Fsp3) is 0.115. The molecule has 3 aromatic heterocycles. The van der Waals surface area contributed by atoms with Gasteiger partial charge in [0, 0.05) is 40.5 Å². The molecule has 0 spiro atoms. The molecule has 4 N–H and O–H groups in total.